The molecule has 0 aliphatic carbocycles. The molecular weight excluding hydrogens is 398 g/mol. The summed E-state index contributed by atoms with van der Waals surface area (Å²) in [7, 11) is 0. The molecule has 3 rings (SSSR count). The van der Waals surface area contributed by atoms with Gasteiger partial charge in [0.1, 0.15) is 6.04 Å². The molecule has 0 saturated heterocycles. The van der Waals surface area contributed by atoms with Crippen molar-refractivity contribution in [2.24, 2.45) is 11.7 Å². The van der Waals surface area contributed by atoms with Crippen molar-refractivity contribution in [3.63, 3.8) is 0 Å². The Labute approximate surface area is 161 Å². The minimum absolute atomic E-state index is 0.00904. The highest BCUT2D eigenvalue weighted by Gasteiger charge is 2.42. The summed E-state index contributed by atoms with van der Waals surface area (Å²) >= 11 is 3.54. The summed E-state index contributed by atoms with van der Waals surface area (Å²) in [5.41, 5.74) is 8.23. The molecule has 2 aliphatic heterocycles. The largest absolute Gasteiger partial charge is 0.370 e. The zero-order chi connectivity index (χ0) is 19.0. The molecule has 1 aromatic rings. The van der Waals surface area contributed by atoms with Crippen molar-refractivity contribution in [3.05, 3.63) is 27.7 Å². The SMILES string of the molecule is C[C@H](CCC(N)=O)NC(=O)[C@@H]1Cc2cc(Br)cc3c2N1C(=O)[C@@H](C)CC3. The molecule has 2 aliphatic rings. The van der Waals surface area contributed by atoms with Gasteiger partial charge in [-0.15, -0.1) is 0 Å². The highest BCUT2D eigenvalue weighted by molar-refractivity contribution is 9.10. The Balaban J connectivity index is 1.85. The van der Waals surface area contributed by atoms with Crippen LogP contribution in [-0.4, -0.2) is 29.8 Å². The van der Waals surface area contributed by atoms with E-state index in [1.54, 1.807) is 4.90 Å². The molecule has 6 nitrogen and oxygen atoms in total. The molecule has 2 heterocycles. The first-order chi connectivity index (χ1) is 12.3. The topological polar surface area (TPSA) is 92.5 Å². The Morgan fingerprint density at radius 3 is 2.77 bits per heavy atom. The Morgan fingerprint density at radius 1 is 1.38 bits per heavy atom. The van der Waals surface area contributed by atoms with Crippen molar-refractivity contribution in [2.45, 2.75) is 58.0 Å². The number of anilines is 1. The van der Waals surface area contributed by atoms with Crippen LogP contribution in [0.1, 0.15) is 44.2 Å². The average Bonchev–Trinajstić information content (AvgIpc) is 2.90. The smallest absolute Gasteiger partial charge is 0.243 e. The maximum absolute atomic E-state index is 12.9. The quantitative estimate of drug-likeness (QED) is 0.761. The lowest BCUT2D eigenvalue weighted by Gasteiger charge is -2.27. The van der Waals surface area contributed by atoms with Crippen LogP contribution in [0.5, 0.6) is 0 Å². The Morgan fingerprint density at radius 2 is 2.08 bits per heavy atom. The van der Waals surface area contributed by atoms with Gasteiger partial charge in [0.15, 0.2) is 0 Å². The summed E-state index contributed by atoms with van der Waals surface area (Å²) in [4.78, 5) is 38.5. The van der Waals surface area contributed by atoms with Gasteiger partial charge < -0.3 is 11.1 Å². The molecule has 0 aromatic heterocycles. The number of hydrogen-bond donors (Lipinski definition) is 2. The van der Waals surface area contributed by atoms with Crippen LogP contribution in [0.2, 0.25) is 0 Å². The van der Waals surface area contributed by atoms with E-state index in [-0.39, 0.29) is 36.1 Å². The van der Waals surface area contributed by atoms with Crippen molar-refractivity contribution in [1.29, 1.82) is 0 Å². The van der Waals surface area contributed by atoms with Crippen LogP contribution in [0.3, 0.4) is 0 Å². The van der Waals surface area contributed by atoms with E-state index in [0.717, 1.165) is 34.1 Å². The van der Waals surface area contributed by atoms with Crippen molar-refractivity contribution >= 4 is 39.3 Å². The molecule has 0 fully saturated rings. The van der Waals surface area contributed by atoms with E-state index in [1.807, 2.05) is 26.0 Å². The summed E-state index contributed by atoms with van der Waals surface area (Å²) in [6.07, 6.45) is 2.83. The molecule has 7 heteroatoms. The van der Waals surface area contributed by atoms with Crippen molar-refractivity contribution < 1.29 is 14.4 Å². The number of halogens is 1. The lowest BCUT2D eigenvalue weighted by atomic mass is 9.99. The second-order valence-electron chi connectivity index (χ2n) is 7.36. The number of nitrogens with two attached hydrogens (primary N) is 1. The van der Waals surface area contributed by atoms with Crippen LogP contribution in [-0.2, 0) is 27.2 Å². The van der Waals surface area contributed by atoms with E-state index in [1.165, 1.54) is 0 Å². The lowest BCUT2D eigenvalue weighted by molar-refractivity contribution is -0.128. The summed E-state index contributed by atoms with van der Waals surface area (Å²) in [5, 5.41) is 2.94. The van der Waals surface area contributed by atoms with Crippen molar-refractivity contribution in [2.75, 3.05) is 4.90 Å². The maximum atomic E-state index is 12.9. The summed E-state index contributed by atoms with van der Waals surface area (Å²) in [6, 6.07) is 3.33. The zero-order valence-electron chi connectivity index (χ0n) is 15.0. The fraction of sp³-hybridized carbons (Fsp3) is 0.526. The predicted molar refractivity (Wildman–Crippen MR) is 103 cm³/mol. The number of aryl methyl sites for hydroxylation is 1. The molecule has 3 amide bonds. The minimum atomic E-state index is -0.540. The molecule has 0 radical (unpaired) electrons. The molecule has 0 spiro atoms. The second kappa shape index (κ2) is 7.39. The van der Waals surface area contributed by atoms with Crippen LogP contribution >= 0.6 is 15.9 Å². The molecule has 0 saturated carbocycles. The summed E-state index contributed by atoms with van der Waals surface area (Å²) in [5.74, 6) is -0.669. The van der Waals surface area contributed by atoms with E-state index in [9.17, 15) is 14.4 Å². The van der Waals surface area contributed by atoms with Crippen LogP contribution in [0, 0.1) is 5.92 Å². The molecule has 140 valence electrons. The molecule has 1 aromatic carbocycles. The Hall–Kier alpha value is -1.89. The number of nitrogens with one attached hydrogen (secondary N) is 1. The van der Waals surface area contributed by atoms with Gasteiger partial charge in [0.05, 0.1) is 5.69 Å². The van der Waals surface area contributed by atoms with E-state index in [4.69, 9.17) is 5.73 Å². The monoisotopic (exact) mass is 421 g/mol. The normalized spacial score (nSPS) is 22.6. The van der Waals surface area contributed by atoms with Gasteiger partial charge in [0.2, 0.25) is 17.7 Å². The summed E-state index contributed by atoms with van der Waals surface area (Å²) < 4.78 is 0.976. The number of carbonyl (C=O) groups is 3. The number of benzene rings is 1. The molecule has 0 unspecified atom stereocenters. The Bertz CT molecular complexity index is 765. The number of nitrogens with zero attached hydrogens (tertiary/aromatic N) is 1. The number of amides is 3. The average molecular weight is 422 g/mol. The van der Waals surface area contributed by atoms with E-state index in [0.29, 0.717) is 12.8 Å². The van der Waals surface area contributed by atoms with Gasteiger partial charge in [-0.3, -0.25) is 19.3 Å². The highest BCUT2D eigenvalue weighted by Crippen LogP contribution is 2.41. The van der Waals surface area contributed by atoms with Gasteiger partial charge in [-0.05, 0) is 49.4 Å². The van der Waals surface area contributed by atoms with Crippen molar-refractivity contribution in [1.82, 2.24) is 5.32 Å². The van der Waals surface area contributed by atoms with Crippen LogP contribution in [0.15, 0.2) is 16.6 Å². The molecule has 0 bridgehead atoms. The first-order valence-corrected chi connectivity index (χ1v) is 9.80. The zero-order valence-corrected chi connectivity index (χ0v) is 16.6. The molecule has 26 heavy (non-hydrogen) atoms. The fourth-order valence-corrected chi connectivity index (χ4v) is 4.36. The number of primary amides is 1. The minimum Gasteiger partial charge on any atom is -0.370 e. The van der Waals surface area contributed by atoms with Gasteiger partial charge in [-0.1, -0.05) is 22.9 Å². The first kappa shape index (κ1) is 18.9. The summed E-state index contributed by atoms with van der Waals surface area (Å²) in [6.45, 7) is 3.77. The Kier molecular flexibility index (Phi) is 5.37. The van der Waals surface area contributed by atoms with Crippen molar-refractivity contribution in [3.8, 4) is 0 Å². The molecular formula is C19H24BrN3O3. The van der Waals surface area contributed by atoms with Gasteiger partial charge in [-0.2, -0.15) is 0 Å². The van der Waals surface area contributed by atoms with Gasteiger partial charge in [0, 0.05) is 29.3 Å². The number of hydrogen-bond acceptors (Lipinski definition) is 3. The van der Waals surface area contributed by atoms with E-state index < -0.39 is 6.04 Å². The second-order valence-corrected chi connectivity index (χ2v) is 8.27. The third-order valence-electron chi connectivity index (χ3n) is 5.22. The van der Waals surface area contributed by atoms with Crippen LogP contribution in [0.4, 0.5) is 5.69 Å². The molecule has 3 N–H and O–H groups in total. The molecule has 3 atom stereocenters. The lowest BCUT2D eigenvalue weighted by Crippen LogP contribution is -2.51. The predicted octanol–water partition coefficient (Wildman–Crippen LogP) is 2.06. The van der Waals surface area contributed by atoms with E-state index >= 15 is 0 Å². The van der Waals surface area contributed by atoms with Gasteiger partial charge >= 0.3 is 0 Å². The van der Waals surface area contributed by atoms with Crippen LogP contribution in [0.25, 0.3) is 0 Å². The van der Waals surface area contributed by atoms with Gasteiger partial charge in [-0.25, -0.2) is 0 Å². The highest BCUT2D eigenvalue weighted by atomic mass is 79.9. The van der Waals surface area contributed by atoms with Gasteiger partial charge in [0.25, 0.3) is 0 Å². The maximum Gasteiger partial charge on any atom is 0.243 e. The number of rotatable bonds is 5. The fourth-order valence-electron chi connectivity index (χ4n) is 3.81. The van der Waals surface area contributed by atoms with E-state index in [2.05, 4.69) is 21.2 Å². The third-order valence-corrected chi connectivity index (χ3v) is 5.68. The first-order valence-electron chi connectivity index (χ1n) is 9.01. The van der Waals surface area contributed by atoms with Crippen LogP contribution < -0.4 is 16.0 Å². The third kappa shape index (κ3) is 3.63. The standard InChI is InChI=1S/C19H24BrN3O3/c1-10-3-5-12-7-14(20)8-13-9-15(23(17(12)13)19(10)26)18(25)22-11(2)4-6-16(21)24/h7-8,10-11,15H,3-6,9H2,1-2H3,(H2,21,24)(H,22,25)/t10-,11+,15-/m0/s1. The number of carbonyl (C=O) groups excluding carboxylic acids is 3.